The van der Waals surface area contributed by atoms with Crippen molar-refractivity contribution in [2.75, 3.05) is 13.2 Å². The maximum absolute atomic E-state index is 8.69. The largest absolute Gasteiger partial charge is 0.395 e. The minimum atomic E-state index is 0.271. The molecule has 0 aliphatic heterocycles. The molecule has 0 aromatic carbocycles. The van der Waals surface area contributed by atoms with Crippen molar-refractivity contribution in [3.8, 4) is 0 Å². The fourth-order valence-corrected chi connectivity index (χ4v) is 2.21. The molecule has 1 fully saturated rings. The fourth-order valence-electron chi connectivity index (χ4n) is 2.21. The zero-order chi connectivity index (χ0) is 8.81. The van der Waals surface area contributed by atoms with Gasteiger partial charge in [-0.1, -0.05) is 26.2 Å². The molecule has 72 valence electrons. The minimum Gasteiger partial charge on any atom is -0.395 e. The van der Waals surface area contributed by atoms with Crippen molar-refractivity contribution in [3.05, 3.63) is 0 Å². The highest BCUT2D eigenvalue weighted by Crippen LogP contribution is 2.26. The van der Waals surface area contributed by atoms with Gasteiger partial charge < -0.3 is 10.4 Å². The summed E-state index contributed by atoms with van der Waals surface area (Å²) >= 11 is 0. The summed E-state index contributed by atoms with van der Waals surface area (Å²) in [5, 5.41) is 12.1. The predicted octanol–water partition coefficient (Wildman–Crippen LogP) is 1.54. The van der Waals surface area contributed by atoms with Gasteiger partial charge in [0.05, 0.1) is 6.61 Å². The Hall–Kier alpha value is -0.0800. The molecule has 0 bridgehead atoms. The van der Waals surface area contributed by atoms with Crippen LogP contribution in [0.5, 0.6) is 0 Å². The Bertz CT molecular complexity index is 116. The Balaban J connectivity index is 2.26. The van der Waals surface area contributed by atoms with E-state index in [9.17, 15) is 0 Å². The summed E-state index contributed by atoms with van der Waals surface area (Å²) in [6, 6.07) is 0.677. The molecular formula is C10H21NO. The van der Waals surface area contributed by atoms with Gasteiger partial charge in [0.15, 0.2) is 0 Å². The third-order valence-electron chi connectivity index (χ3n) is 2.95. The van der Waals surface area contributed by atoms with E-state index in [0.717, 1.165) is 12.5 Å². The van der Waals surface area contributed by atoms with Crippen LogP contribution in [0.4, 0.5) is 0 Å². The number of aliphatic hydroxyl groups is 1. The first-order valence-corrected chi connectivity index (χ1v) is 5.22. The summed E-state index contributed by atoms with van der Waals surface area (Å²) in [5.74, 6) is 0.852. The number of nitrogens with one attached hydrogen (secondary N) is 1. The van der Waals surface area contributed by atoms with Crippen LogP contribution < -0.4 is 5.32 Å². The summed E-state index contributed by atoms with van der Waals surface area (Å²) in [7, 11) is 0. The first-order chi connectivity index (χ1) is 5.88. The molecule has 0 unspecified atom stereocenters. The Labute approximate surface area is 75.4 Å². The maximum Gasteiger partial charge on any atom is 0.0556 e. The number of hydrogen-bond donors (Lipinski definition) is 2. The van der Waals surface area contributed by atoms with Gasteiger partial charge in [0, 0.05) is 12.6 Å². The Morgan fingerprint density at radius 2 is 2.08 bits per heavy atom. The molecule has 2 nitrogen and oxygen atoms in total. The molecular weight excluding hydrogens is 150 g/mol. The summed E-state index contributed by atoms with van der Waals surface area (Å²) in [4.78, 5) is 0. The van der Waals surface area contributed by atoms with Gasteiger partial charge in [-0.05, 0) is 18.8 Å². The quantitative estimate of drug-likeness (QED) is 0.672. The average molecular weight is 171 g/mol. The number of hydrogen-bond acceptors (Lipinski definition) is 2. The maximum atomic E-state index is 8.69. The van der Waals surface area contributed by atoms with E-state index in [2.05, 4.69) is 12.2 Å². The second-order valence-electron chi connectivity index (χ2n) is 3.74. The Morgan fingerprint density at radius 3 is 2.75 bits per heavy atom. The highest BCUT2D eigenvalue weighted by Gasteiger charge is 2.22. The molecule has 0 aromatic heterocycles. The molecule has 1 aliphatic carbocycles. The van der Waals surface area contributed by atoms with Crippen molar-refractivity contribution in [2.45, 2.75) is 45.1 Å². The van der Waals surface area contributed by atoms with E-state index >= 15 is 0 Å². The van der Waals surface area contributed by atoms with E-state index in [0.29, 0.717) is 6.04 Å². The van der Waals surface area contributed by atoms with Gasteiger partial charge in [-0.3, -0.25) is 0 Å². The van der Waals surface area contributed by atoms with Crippen molar-refractivity contribution in [3.63, 3.8) is 0 Å². The molecule has 1 aliphatic rings. The zero-order valence-electron chi connectivity index (χ0n) is 8.05. The van der Waals surface area contributed by atoms with Crippen LogP contribution >= 0.6 is 0 Å². The van der Waals surface area contributed by atoms with Crippen LogP contribution in [-0.2, 0) is 0 Å². The molecule has 12 heavy (non-hydrogen) atoms. The Kier molecular flexibility index (Phi) is 4.62. The third-order valence-corrected chi connectivity index (χ3v) is 2.95. The summed E-state index contributed by atoms with van der Waals surface area (Å²) < 4.78 is 0. The molecule has 0 radical (unpaired) electrons. The standard InChI is InChI=1S/C10H21NO/c1-2-9-5-3-4-6-10(9)11-7-8-12/h9-12H,2-8H2,1H3/t9-,10+/m1/s1. The normalized spacial score (nSPS) is 30.5. The van der Waals surface area contributed by atoms with Crippen LogP contribution in [0.2, 0.25) is 0 Å². The van der Waals surface area contributed by atoms with Gasteiger partial charge in [0.1, 0.15) is 0 Å². The van der Waals surface area contributed by atoms with E-state index < -0.39 is 0 Å². The number of aliphatic hydroxyl groups excluding tert-OH is 1. The first kappa shape index (κ1) is 10.0. The zero-order valence-corrected chi connectivity index (χ0v) is 8.05. The van der Waals surface area contributed by atoms with E-state index in [1.165, 1.54) is 32.1 Å². The van der Waals surface area contributed by atoms with E-state index in [1.807, 2.05) is 0 Å². The van der Waals surface area contributed by atoms with Gasteiger partial charge >= 0.3 is 0 Å². The van der Waals surface area contributed by atoms with Crippen molar-refractivity contribution < 1.29 is 5.11 Å². The SMILES string of the molecule is CC[C@@H]1CCCC[C@@H]1NCCO. The third kappa shape index (κ3) is 2.76. The van der Waals surface area contributed by atoms with Crippen LogP contribution in [-0.4, -0.2) is 24.3 Å². The lowest BCUT2D eigenvalue weighted by Gasteiger charge is -2.31. The van der Waals surface area contributed by atoms with Crippen molar-refractivity contribution in [1.29, 1.82) is 0 Å². The molecule has 0 spiro atoms. The van der Waals surface area contributed by atoms with Crippen LogP contribution in [0.1, 0.15) is 39.0 Å². The van der Waals surface area contributed by atoms with Crippen molar-refractivity contribution in [1.82, 2.24) is 5.32 Å². The van der Waals surface area contributed by atoms with Crippen LogP contribution in [0.3, 0.4) is 0 Å². The average Bonchev–Trinajstić information content (AvgIpc) is 2.15. The van der Waals surface area contributed by atoms with Gasteiger partial charge in [-0.15, -0.1) is 0 Å². The van der Waals surface area contributed by atoms with Crippen LogP contribution in [0.25, 0.3) is 0 Å². The van der Waals surface area contributed by atoms with Crippen LogP contribution in [0, 0.1) is 5.92 Å². The van der Waals surface area contributed by atoms with E-state index in [-0.39, 0.29) is 6.61 Å². The summed E-state index contributed by atoms with van der Waals surface area (Å²) in [6.07, 6.45) is 6.72. The molecule has 2 N–H and O–H groups in total. The monoisotopic (exact) mass is 171 g/mol. The predicted molar refractivity (Wildman–Crippen MR) is 51.1 cm³/mol. The number of rotatable bonds is 4. The van der Waals surface area contributed by atoms with Gasteiger partial charge in [-0.25, -0.2) is 0 Å². The minimum absolute atomic E-state index is 0.271. The topological polar surface area (TPSA) is 32.3 Å². The van der Waals surface area contributed by atoms with Gasteiger partial charge in [-0.2, -0.15) is 0 Å². The summed E-state index contributed by atoms with van der Waals surface area (Å²) in [5.41, 5.74) is 0. The molecule has 0 saturated heterocycles. The van der Waals surface area contributed by atoms with Gasteiger partial charge in [0.2, 0.25) is 0 Å². The molecule has 1 saturated carbocycles. The van der Waals surface area contributed by atoms with Crippen LogP contribution in [0.15, 0.2) is 0 Å². The second-order valence-corrected chi connectivity index (χ2v) is 3.74. The first-order valence-electron chi connectivity index (χ1n) is 5.22. The van der Waals surface area contributed by atoms with Gasteiger partial charge in [0.25, 0.3) is 0 Å². The molecule has 2 atom stereocenters. The van der Waals surface area contributed by atoms with E-state index in [1.54, 1.807) is 0 Å². The second kappa shape index (κ2) is 5.55. The van der Waals surface area contributed by atoms with E-state index in [4.69, 9.17) is 5.11 Å². The van der Waals surface area contributed by atoms with Crippen molar-refractivity contribution in [2.24, 2.45) is 5.92 Å². The lowest BCUT2D eigenvalue weighted by atomic mass is 9.83. The molecule has 0 amide bonds. The lowest BCUT2D eigenvalue weighted by molar-refractivity contribution is 0.227. The fraction of sp³-hybridized carbons (Fsp3) is 1.00. The smallest absolute Gasteiger partial charge is 0.0556 e. The molecule has 2 heteroatoms. The highest BCUT2D eigenvalue weighted by atomic mass is 16.3. The molecule has 1 rings (SSSR count). The molecule has 0 heterocycles. The Morgan fingerprint density at radius 1 is 1.33 bits per heavy atom. The molecule has 0 aromatic rings. The lowest BCUT2D eigenvalue weighted by Crippen LogP contribution is -2.39. The highest BCUT2D eigenvalue weighted by molar-refractivity contribution is 4.79. The van der Waals surface area contributed by atoms with Crippen molar-refractivity contribution >= 4 is 0 Å². The summed E-state index contributed by atoms with van der Waals surface area (Å²) in [6.45, 7) is 3.30.